The average Bonchev–Trinajstić information content (AvgIpc) is 2.35. The first-order chi connectivity index (χ1) is 8.97. The van der Waals surface area contributed by atoms with E-state index >= 15 is 0 Å². The molecule has 0 radical (unpaired) electrons. The molecule has 1 aromatic carbocycles. The van der Waals surface area contributed by atoms with Crippen molar-refractivity contribution in [2.24, 2.45) is 0 Å². The number of amides is 2. The van der Waals surface area contributed by atoms with Gasteiger partial charge in [-0.15, -0.1) is 6.42 Å². The molecular formula is C13H13ClN2O3. The average molecular weight is 281 g/mol. The maximum atomic E-state index is 11.7. The van der Waals surface area contributed by atoms with E-state index in [1.807, 2.05) is 6.92 Å². The molecule has 0 aromatic heterocycles. The molecule has 1 aromatic rings. The number of halogens is 1. The molecule has 2 amide bonds. The minimum Gasteiger partial charge on any atom is -0.478 e. The zero-order valence-electron chi connectivity index (χ0n) is 10.2. The monoisotopic (exact) mass is 280 g/mol. The van der Waals surface area contributed by atoms with Crippen LogP contribution in [0.2, 0.25) is 5.02 Å². The Morgan fingerprint density at radius 3 is 2.74 bits per heavy atom. The Bertz CT molecular complexity index is 537. The Morgan fingerprint density at radius 2 is 2.21 bits per heavy atom. The quantitative estimate of drug-likeness (QED) is 0.742. The number of carbonyl (C=O) groups excluding carboxylic acids is 1. The molecule has 3 N–H and O–H groups in total. The van der Waals surface area contributed by atoms with Crippen molar-refractivity contribution in [2.45, 2.75) is 19.4 Å². The molecule has 0 bridgehead atoms. The summed E-state index contributed by atoms with van der Waals surface area (Å²) in [5, 5.41) is 14.3. The van der Waals surface area contributed by atoms with Gasteiger partial charge < -0.3 is 15.7 Å². The molecule has 0 fully saturated rings. The van der Waals surface area contributed by atoms with Crippen LogP contribution in [0.15, 0.2) is 18.2 Å². The van der Waals surface area contributed by atoms with Crippen LogP contribution in [0.1, 0.15) is 23.7 Å². The smallest absolute Gasteiger partial charge is 0.337 e. The maximum absolute atomic E-state index is 11.7. The summed E-state index contributed by atoms with van der Waals surface area (Å²) in [5.74, 6) is 1.25. The van der Waals surface area contributed by atoms with Crippen molar-refractivity contribution in [1.82, 2.24) is 5.32 Å². The first-order valence-corrected chi connectivity index (χ1v) is 5.92. The molecule has 0 aliphatic heterocycles. The van der Waals surface area contributed by atoms with Crippen LogP contribution in [-0.4, -0.2) is 23.1 Å². The Hall–Kier alpha value is -2.19. The van der Waals surface area contributed by atoms with Crippen LogP contribution in [0.3, 0.4) is 0 Å². The minimum absolute atomic E-state index is 0.0479. The van der Waals surface area contributed by atoms with Gasteiger partial charge in [0.15, 0.2) is 0 Å². The second-order valence-corrected chi connectivity index (χ2v) is 4.16. The van der Waals surface area contributed by atoms with Crippen LogP contribution in [-0.2, 0) is 0 Å². The van der Waals surface area contributed by atoms with E-state index in [1.165, 1.54) is 18.2 Å². The van der Waals surface area contributed by atoms with E-state index in [2.05, 4.69) is 16.6 Å². The molecule has 0 spiro atoms. The first-order valence-electron chi connectivity index (χ1n) is 5.54. The van der Waals surface area contributed by atoms with E-state index in [-0.39, 0.29) is 11.3 Å². The number of carboxylic acids is 1. The highest BCUT2D eigenvalue weighted by atomic mass is 35.5. The number of benzene rings is 1. The highest BCUT2D eigenvalue weighted by Gasteiger charge is 2.14. The number of terminal acetylenes is 1. The molecule has 1 rings (SSSR count). The zero-order valence-corrected chi connectivity index (χ0v) is 11.0. The molecular weight excluding hydrogens is 268 g/mol. The van der Waals surface area contributed by atoms with Crippen molar-refractivity contribution >= 4 is 29.3 Å². The fraction of sp³-hybridized carbons (Fsp3) is 0.231. The third kappa shape index (κ3) is 4.19. The summed E-state index contributed by atoms with van der Waals surface area (Å²) in [7, 11) is 0. The van der Waals surface area contributed by atoms with Gasteiger partial charge in [0.1, 0.15) is 0 Å². The Labute approximate surface area is 116 Å². The largest absolute Gasteiger partial charge is 0.478 e. The standard InChI is InChI=1S/C13H13ClN2O3/c1-3-9(4-2)15-13(19)16-11-7-8(14)5-6-10(11)12(17)18/h1,5-7,9H,4H2,2H3,(H,17,18)(H2,15,16,19). The van der Waals surface area contributed by atoms with Crippen molar-refractivity contribution in [3.05, 3.63) is 28.8 Å². The highest BCUT2D eigenvalue weighted by molar-refractivity contribution is 6.31. The summed E-state index contributed by atoms with van der Waals surface area (Å²) in [6.07, 6.45) is 5.79. The van der Waals surface area contributed by atoms with Gasteiger partial charge in [0.25, 0.3) is 0 Å². The number of nitrogens with one attached hydrogen (secondary N) is 2. The van der Waals surface area contributed by atoms with E-state index in [0.29, 0.717) is 11.4 Å². The molecule has 0 aliphatic carbocycles. The third-order valence-corrected chi connectivity index (χ3v) is 2.61. The molecule has 1 atom stereocenters. The second-order valence-electron chi connectivity index (χ2n) is 3.72. The lowest BCUT2D eigenvalue weighted by atomic mass is 10.2. The number of hydrogen-bond donors (Lipinski definition) is 3. The van der Waals surface area contributed by atoms with E-state index in [4.69, 9.17) is 23.1 Å². The van der Waals surface area contributed by atoms with Crippen LogP contribution in [0, 0.1) is 12.3 Å². The zero-order chi connectivity index (χ0) is 14.4. The van der Waals surface area contributed by atoms with E-state index in [0.717, 1.165) is 0 Å². The van der Waals surface area contributed by atoms with Gasteiger partial charge in [-0.05, 0) is 24.6 Å². The number of anilines is 1. The number of rotatable bonds is 4. The predicted octanol–water partition coefficient (Wildman–Crippen LogP) is 2.57. The van der Waals surface area contributed by atoms with Gasteiger partial charge in [-0.3, -0.25) is 0 Å². The number of hydrogen-bond acceptors (Lipinski definition) is 2. The van der Waals surface area contributed by atoms with Gasteiger partial charge >= 0.3 is 12.0 Å². The number of urea groups is 1. The van der Waals surface area contributed by atoms with Gasteiger partial charge in [0.05, 0.1) is 17.3 Å². The van der Waals surface area contributed by atoms with Crippen LogP contribution in [0.5, 0.6) is 0 Å². The molecule has 6 heteroatoms. The molecule has 5 nitrogen and oxygen atoms in total. The van der Waals surface area contributed by atoms with Gasteiger partial charge in [-0.2, -0.15) is 0 Å². The van der Waals surface area contributed by atoms with Crippen molar-refractivity contribution in [3.8, 4) is 12.3 Å². The molecule has 0 heterocycles. The molecule has 1 unspecified atom stereocenters. The molecule has 0 saturated carbocycles. The van der Waals surface area contributed by atoms with Crippen molar-refractivity contribution < 1.29 is 14.7 Å². The normalized spacial score (nSPS) is 11.2. The second kappa shape index (κ2) is 6.66. The van der Waals surface area contributed by atoms with E-state index < -0.39 is 18.0 Å². The SMILES string of the molecule is C#CC(CC)NC(=O)Nc1cc(Cl)ccc1C(=O)O. The van der Waals surface area contributed by atoms with E-state index in [1.54, 1.807) is 0 Å². The first kappa shape index (κ1) is 14.9. The Kier molecular flexibility index (Phi) is 5.22. The lowest BCUT2D eigenvalue weighted by molar-refractivity contribution is 0.0698. The molecule has 0 aliphatic rings. The lowest BCUT2D eigenvalue weighted by Gasteiger charge is -2.13. The van der Waals surface area contributed by atoms with Crippen molar-refractivity contribution in [1.29, 1.82) is 0 Å². The summed E-state index contributed by atoms with van der Waals surface area (Å²) in [6, 6.07) is 3.13. The highest BCUT2D eigenvalue weighted by Crippen LogP contribution is 2.21. The summed E-state index contributed by atoms with van der Waals surface area (Å²) in [5.41, 5.74) is 0.0673. The fourth-order valence-corrected chi connectivity index (χ4v) is 1.56. The van der Waals surface area contributed by atoms with Crippen molar-refractivity contribution in [3.63, 3.8) is 0 Å². The Balaban J connectivity index is 2.87. The summed E-state index contributed by atoms with van der Waals surface area (Å²) < 4.78 is 0. The van der Waals surface area contributed by atoms with E-state index in [9.17, 15) is 9.59 Å². The van der Waals surface area contributed by atoms with Gasteiger partial charge in [0, 0.05) is 5.02 Å². The third-order valence-electron chi connectivity index (χ3n) is 2.37. The van der Waals surface area contributed by atoms with Gasteiger partial charge in [-0.25, -0.2) is 9.59 Å². The maximum Gasteiger partial charge on any atom is 0.337 e. The fourth-order valence-electron chi connectivity index (χ4n) is 1.38. The summed E-state index contributed by atoms with van der Waals surface area (Å²) in [4.78, 5) is 22.7. The van der Waals surface area contributed by atoms with Crippen LogP contribution in [0.25, 0.3) is 0 Å². The minimum atomic E-state index is -1.16. The molecule has 0 saturated heterocycles. The predicted molar refractivity (Wildman–Crippen MR) is 73.5 cm³/mol. The summed E-state index contributed by atoms with van der Waals surface area (Å²) in [6.45, 7) is 1.83. The Morgan fingerprint density at radius 1 is 1.53 bits per heavy atom. The van der Waals surface area contributed by atoms with Crippen LogP contribution >= 0.6 is 11.6 Å². The molecule has 100 valence electrons. The van der Waals surface area contributed by atoms with Crippen molar-refractivity contribution in [2.75, 3.05) is 5.32 Å². The van der Waals surface area contributed by atoms with Gasteiger partial charge in [0.2, 0.25) is 0 Å². The topological polar surface area (TPSA) is 78.4 Å². The number of carbonyl (C=O) groups is 2. The molecule has 19 heavy (non-hydrogen) atoms. The lowest BCUT2D eigenvalue weighted by Crippen LogP contribution is -2.36. The van der Waals surface area contributed by atoms with Gasteiger partial charge in [-0.1, -0.05) is 24.4 Å². The number of carboxylic acid groups (broad SMARTS) is 1. The number of aromatic carboxylic acids is 1. The van der Waals surface area contributed by atoms with Crippen LogP contribution in [0.4, 0.5) is 10.5 Å². The summed E-state index contributed by atoms with van der Waals surface area (Å²) >= 11 is 5.77. The van der Waals surface area contributed by atoms with Crippen LogP contribution < -0.4 is 10.6 Å².